The van der Waals surface area contributed by atoms with Crippen LogP contribution in [-0.2, 0) is 0 Å². The monoisotopic (exact) mass is 499 g/mol. The number of rotatable bonds is 7. The predicted molar refractivity (Wildman–Crippen MR) is 137 cm³/mol. The van der Waals surface area contributed by atoms with Crippen molar-refractivity contribution in [1.29, 1.82) is 0 Å². The van der Waals surface area contributed by atoms with Gasteiger partial charge in [-0.2, -0.15) is 0 Å². The van der Waals surface area contributed by atoms with Crippen molar-refractivity contribution in [2.75, 3.05) is 19.5 Å². The molecule has 0 bridgehead atoms. The number of benzene rings is 4. The number of anilines is 1. The van der Waals surface area contributed by atoms with Gasteiger partial charge in [-0.1, -0.05) is 24.3 Å². The Balaban J connectivity index is 1.75. The van der Waals surface area contributed by atoms with Gasteiger partial charge in [-0.3, -0.25) is 19.7 Å². The molecule has 4 aromatic rings. The van der Waals surface area contributed by atoms with Crippen molar-refractivity contribution in [2.24, 2.45) is 10.2 Å². The number of carbonyl (C=O) groups is 2. The van der Waals surface area contributed by atoms with Crippen molar-refractivity contribution < 1.29 is 24.4 Å². The molecule has 0 saturated heterocycles. The quantitative estimate of drug-likeness (QED) is 0.173. The summed E-state index contributed by atoms with van der Waals surface area (Å²) in [4.78, 5) is 35.4. The zero-order chi connectivity index (χ0) is 26.5. The van der Waals surface area contributed by atoms with E-state index in [4.69, 9.17) is 4.74 Å². The van der Waals surface area contributed by atoms with E-state index < -0.39 is 16.6 Å². The maximum atomic E-state index is 13.0. The van der Waals surface area contributed by atoms with Gasteiger partial charge in [0.2, 0.25) is 0 Å². The number of fused-ring (bicyclic) bond motifs is 1. The first-order valence-electron chi connectivity index (χ1n) is 10.9. The minimum Gasteiger partial charge on any atom is -0.505 e. The topological polar surface area (TPSA) is 156 Å². The third kappa shape index (κ3) is 5.20. The van der Waals surface area contributed by atoms with Crippen molar-refractivity contribution in [3.63, 3.8) is 0 Å². The molecule has 0 saturated carbocycles. The molecule has 37 heavy (non-hydrogen) atoms. The Labute approximate surface area is 210 Å². The summed E-state index contributed by atoms with van der Waals surface area (Å²) < 4.78 is 5.32. The maximum absolute atomic E-state index is 13.0. The van der Waals surface area contributed by atoms with Crippen LogP contribution < -0.4 is 15.4 Å². The summed E-state index contributed by atoms with van der Waals surface area (Å²) >= 11 is 0. The number of non-ortho nitro benzene ring substituents is 1. The standard InChI is InChI=1S/C26H21N5O6/c1-27-25(33)16-7-12-22(37-2)21(14-16)29-30-23-19-6-4-3-5-15(19)13-20(24(23)32)26(34)28-17-8-10-18(11-9-17)31(35)36/h3-14,32H,1-2H3,(H,27,33)(H,28,34)/b30-29+. The number of hydrogen-bond donors (Lipinski definition) is 3. The van der Waals surface area contributed by atoms with Gasteiger partial charge in [0, 0.05) is 35.8 Å². The van der Waals surface area contributed by atoms with Crippen molar-refractivity contribution >= 4 is 45.3 Å². The number of ether oxygens (including phenoxy) is 1. The van der Waals surface area contributed by atoms with E-state index in [0.29, 0.717) is 27.8 Å². The lowest BCUT2D eigenvalue weighted by molar-refractivity contribution is -0.384. The lowest BCUT2D eigenvalue weighted by atomic mass is 10.0. The highest BCUT2D eigenvalue weighted by Gasteiger charge is 2.19. The van der Waals surface area contributed by atoms with E-state index in [0.717, 1.165) is 0 Å². The normalized spacial score (nSPS) is 10.9. The summed E-state index contributed by atoms with van der Waals surface area (Å²) in [6, 6.07) is 18.5. The molecule has 0 aliphatic heterocycles. The second kappa shape index (κ2) is 10.5. The summed E-state index contributed by atoms with van der Waals surface area (Å²) in [7, 11) is 2.95. The average molecular weight is 499 g/mol. The number of aromatic hydroxyl groups is 1. The fourth-order valence-electron chi connectivity index (χ4n) is 3.61. The van der Waals surface area contributed by atoms with Crippen LogP contribution in [0.25, 0.3) is 10.8 Å². The number of amides is 2. The molecule has 11 heteroatoms. The molecular weight excluding hydrogens is 478 g/mol. The number of phenolic OH excluding ortho intramolecular Hbond substituents is 1. The molecule has 0 heterocycles. The summed E-state index contributed by atoms with van der Waals surface area (Å²) in [5.41, 5.74) is 0.735. The van der Waals surface area contributed by atoms with E-state index in [1.807, 2.05) is 0 Å². The molecule has 2 amide bonds. The molecule has 0 radical (unpaired) electrons. The first-order chi connectivity index (χ1) is 17.8. The van der Waals surface area contributed by atoms with Crippen LogP contribution in [0.1, 0.15) is 20.7 Å². The van der Waals surface area contributed by atoms with Gasteiger partial charge in [0.1, 0.15) is 17.1 Å². The smallest absolute Gasteiger partial charge is 0.269 e. The highest BCUT2D eigenvalue weighted by atomic mass is 16.6. The Morgan fingerprint density at radius 3 is 2.38 bits per heavy atom. The SMILES string of the molecule is CNC(=O)c1ccc(OC)c(/N=N/c2c(O)c(C(=O)Nc3ccc([N+](=O)[O-])cc3)cc3ccccc23)c1. The fraction of sp³-hybridized carbons (Fsp3) is 0.0769. The largest absolute Gasteiger partial charge is 0.505 e. The number of nitro groups is 1. The average Bonchev–Trinajstić information content (AvgIpc) is 2.91. The molecule has 0 fully saturated rings. The van der Waals surface area contributed by atoms with Crippen molar-refractivity contribution in [1.82, 2.24) is 5.32 Å². The minimum absolute atomic E-state index is 0.0411. The molecule has 0 spiro atoms. The van der Waals surface area contributed by atoms with Crippen LogP contribution in [0, 0.1) is 10.1 Å². The van der Waals surface area contributed by atoms with Gasteiger partial charge < -0.3 is 20.5 Å². The Morgan fingerprint density at radius 1 is 0.973 bits per heavy atom. The Bertz CT molecular complexity index is 1550. The summed E-state index contributed by atoms with van der Waals surface area (Å²) in [5, 5.41) is 36.7. The van der Waals surface area contributed by atoms with Crippen molar-refractivity contribution in [2.45, 2.75) is 0 Å². The number of carbonyl (C=O) groups excluding carboxylic acids is 2. The molecule has 4 rings (SSSR count). The minimum atomic E-state index is -0.646. The highest BCUT2D eigenvalue weighted by molar-refractivity contribution is 6.11. The Kier molecular flexibility index (Phi) is 7.05. The molecule has 3 N–H and O–H groups in total. The van der Waals surface area contributed by atoms with Crippen LogP contribution in [0.4, 0.5) is 22.7 Å². The summed E-state index contributed by atoms with van der Waals surface area (Å²) in [5.74, 6) is -1.03. The number of hydrogen-bond acceptors (Lipinski definition) is 8. The summed E-state index contributed by atoms with van der Waals surface area (Å²) in [6.07, 6.45) is 0. The lowest BCUT2D eigenvalue weighted by Crippen LogP contribution is -2.17. The molecule has 186 valence electrons. The summed E-state index contributed by atoms with van der Waals surface area (Å²) in [6.45, 7) is 0. The number of azo groups is 1. The van der Waals surface area contributed by atoms with Crippen LogP contribution in [-0.4, -0.2) is 36.0 Å². The van der Waals surface area contributed by atoms with Crippen LogP contribution in [0.5, 0.6) is 11.5 Å². The number of methoxy groups -OCH3 is 1. The Morgan fingerprint density at radius 2 is 1.70 bits per heavy atom. The van der Waals surface area contributed by atoms with Gasteiger partial charge in [-0.15, -0.1) is 10.2 Å². The second-order valence-electron chi connectivity index (χ2n) is 7.77. The molecule has 0 aromatic heterocycles. The van der Waals surface area contributed by atoms with E-state index in [1.165, 1.54) is 50.6 Å². The first kappa shape index (κ1) is 24.8. The maximum Gasteiger partial charge on any atom is 0.269 e. The fourth-order valence-corrected chi connectivity index (χ4v) is 3.61. The van der Waals surface area contributed by atoms with Gasteiger partial charge in [0.15, 0.2) is 5.75 Å². The first-order valence-corrected chi connectivity index (χ1v) is 10.9. The van der Waals surface area contributed by atoms with Crippen LogP contribution in [0.3, 0.4) is 0 Å². The molecule has 4 aromatic carbocycles. The molecule has 0 unspecified atom stereocenters. The molecule has 0 aliphatic rings. The number of nitro benzene ring substituents is 1. The molecular formula is C26H21N5O6. The Hall–Kier alpha value is -5.32. The van der Waals surface area contributed by atoms with Gasteiger partial charge in [-0.25, -0.2) is 0 Å². The van der Waals surface area contributed by atoms with Gasteiger partial charge >= 0.3 is 0 Å². The van der Waals surface area contributed by atoms with Crippen molar-refractivity contribution in [3.8, 4) is 11.5 Å². The van der Waals surface area contributed by atoms with Gasteiger partial charge in [0.25, 0.3) is 17.5 Å². The molecule has 0 aliphatic carbocycles. The zero-order valence-corrected chi connectivity index (χ0v) is 19.8. The van der Waals surface area contributed by atoms with E-state index in [2.05, 4.69) is 20.9 Å². The number of nitrogens with one attached hydrogen (secondary N) is 2. The number of nitrogens with zero attached hydrogens (tertiary/aromatic N) is 3. The van der Waals surface area contributed by atoms with Gasteiger partial charge in [0.05, 0.1) is 17.6 Å². The van der Waals surface area contributed by atoms with Crippen LogP contribution in [0.2, 0.25) is 0 Å². The van der Waals surface area contributed by atoms with E-state index in [-0.39, 0.29) is 28.5 Å². The van der Waals surface area contributed by atoms with Crippen LogP contribution >= 0.6 is 0 Å². The van der Waals surface area contributed by atoms with Crippen LogP contribution in [0.15, 0.2) is 83.0 Å². The second-order valence-corrected chi connectivity index (χ2v) is 7.77. The highest BCUT2D eigenvalue weighted by Crippen LogP contribution is 2.40. The molecule has 11 nitrogen and oxygen atoms in total. The zero-order valence-electron chi connectivity index (χ0n) is 19.8. The number of phenols is 1. The predicted octanol–water partition coefficient (Wildman–Crippen LogP) is 5.49. The van der Waals surface area contributed by atoms with Crippen molar-refractivity contribution in [3.05, 3.63) is 94.0 Å². The lowest BCUT2D eigenvalue weighted by Gasteiger charge is -2.11. The third-order valence-electron chi connectivity index (χ3n) is 5.50. The third-order valence-corrected chi connectivity index (χ3v) is 5.50. The van der Waals surface area contributed by atoms with E-state index in [9.17, 15) is 24.8 Å². The van der Waals surface area contributed by atoms with E-state index in [1.54, 1.807) is 36.4 Å². The molecule has 0 atom stereocenters. The van der Waals surface area contributed by atoms with E-state index >= 15 is 0 Å². The van der Waals surface area contributed by atoms with Gasteiger partial charge in [-0.05, 0) is 41.8 Å².